The molecule has 1 aromatic carbocycles. The fourth-order valence-electron chi connectivity index (χ4n) is 2.23. The van der Waals surface area contributed by atoms with Gasteiger partial charge in [0, 0.05) is 24.2 Å². The van der Waals surface area contributed by atoms with Gasteiger partial charge in [0.25, 0.3) is 0 Å². The van der Waals surface area contributed by atoms with Crippen molar-refractivity contribution in [1.82, 2.24) is 4.72 Å². The Bertz CT molecular complexity index is 603. The molecule has 0 radical (unpaired) electrons. The van der Waals surface area contributed by atoms with Crippen molar-refractivity contribution in [3.8, 4) is 0 Å². The molecule has 4 nitrogen and oxygen atoms in total. The standard InChI is InChI=1S/C13H19F3N2O2S.ClH/c1-8(2)6-13(3,7-17)18-21(19,20)12-10(15)4-9(14)5-11(12)16;/h4-5,8,18H,6-7,17H2,1-3H3;1H. The molecule has 0 aromatic heterocycles. The highest BCUT2D eigenvalue weighted by atomic mass is 35.5. The smallest absolute Gasteiger partial charge is 0.246 e. The Kier molecular flexibility index (Phi) is 7.34. The summed E-state index contributed by atoms with van der Waals surface area (Å²) in [5, 5.41) is 0. The van der Waals surface area contributed by atoms with Gasteiger partial charge >= 0.3 is 0 Å². The predicted molar refractivity (Wildman–Crippen MR) is 80.8 cm³/mol. The number of nitrogens with one attached hydrogen (secondary N) is 1. The van der Waals surface area contributed by atoms with E-state index in [-0.39, 0.29) is 24.9 Å². The number of hydrogen-bond acceptors (Lipinski definition) is 3. The topological polar surface area (TPSA) is 72.2 Å². The lowest BCUT2D eigenvalue weighted by Crippen LogP contribution is -2.52. The average Bonchev–Trinajstić information content (AvgIpc) is 2.24. The highest BCUT2D eigenvalue weighted by Crippen LogP contribution is 2.24. The van der Waals surface area contributed by atoms with E-state index in [1.165, 1.54) is 0 Å². The minimum atomic E-state index is -4.50. The molecule has 0 bridgehead atoms. The van der Waals surface area contributed by atoms with Crippen molar-refractivity contribution in [2.45, 2.75) is 37.6 Å². The molecule has 0 saturated carbocycles. The first-order valence-electron chi connectivity index (χ1n) is 6.39. The molecule has 1 atom stereocenters. The van der Waals surface area contributed by atoms with Gasteiger partial charge in [0.05, 0.1) is 0 Å². The third kappa shape index (κ3) is 5.12. The number of sulfonamides is 1. The number of rotatable bonds is 6. The van der Waals surface area contributed by atoms with Gasteiger partial charge in [0.1, 0.15) is 17.5 Å². The van der Waals surface area contributed by atoms with Crippen molar-refractivity contribution >= 4 is 22.4 Å². The van der Waals surface area contributed by atoms with Crippen LogP contribution in [0.4, 0.5) is 13.2 Å². The van der Waals surface area contributed by atoms with Crippen LogP contribution in [0.15, 0.2) is 17.0 Å². The summed E-state index contributed by atoms with van der Waals surface area (Å²) in [5.41, 5.74) is 4.51. The van der Waals surface area contributed by atoms with Crippen LogP contribution in [0.3, 0.4) is 0 Å². The van der Waals surface area contributed by atoms with Gasteiger partial charge in [0.2, 0.25) is 10.0 Å². The van der Waals surface area contributed by atoms with Crippen molar-refractivity contribution in [3.63, 3.8) is 0 Å². The maximum absolute atomic E-state index is 13.6. The SMILES string of the molecule is CC(C)CC(C)(CN)NS(=O)(=O)c1c(F)cc(F)cc1F.Cl. The van der Waals surface area contributed by atoms with E-state index in [1.807, 2.05) is 13.8 Å². The Labute approximate surface area is 134 Å². The second-order valence-corrected chi connectivity index (χ2v) is 7.29. The Hall–Kier alpha value is -0.830. The summed E-state index contributed by atoms with van der Waals surface area (Å²) in [5.74, 6) is -4.04. The number of hydrogen-bond donors (Lipinski definition) is 2. The van der Waals surface area contributed by atoms with Crippen LogP contribution in [0.25, 0.3) is 0 Å². The van der Waals surface area contributed by atoms with Crippen LogP contribution in [0.5, 0.6) is 0 Å². The van der Waals surface area contributed by atoms with E-state index in [0.29, 0.717) is 18.6 Å². The molecular formula is C13H20ClF3N2O2S. The van der Waals surface area contributed by atoms with Crippen LogP contribution in [-0.2, 0) is 10.0 Å². The Morgan fingerprint density at radius 1 is 1.23 bits per heavy atom. The lowest BCUT2D eigenvalue weighted by atomic mass is 9.92. The number of benzene rings is 1. The minimum Gasteiger partial charge on any atom is -0.329 e. The van der Waals surface area contributed by atoms with E-state index in [2.05, 4.69) is 4.72 Å². The Morgan fingerprint density at radius 3 is 2.05 bits per heavy atom. The summed E-state index contributed by atoms with van der Waals surface area (Å²) in [6, 6.07) is 0.639. The molecule has 0 heterocycles. The molecule has 22 heavy (non-hydrogen) atoms. The van der Waals surface area contributed by atoms with E-state index in [1.54, 1.807) is 6.92 Å². The van der Waals surface area contributed by atoms with Gasteiger partial charge < -0.3 is 5.73 Å². The van der Waals surface area contributed by atoms with Crippen molar-refractivity contribution in [1.29, 1.82) is 0 Å². The van der Waals surface area contributed by atoms with Gasteiger partial charge in [-0.15, -0.1) is 12.4 Å². The van der Waals surface area contributed by atoms with Crippen molar-refractivity contribution in [3.05, 3.63) is 29.6 Å². The molecule has 0 aliphatic rings. The molecule has 0 amide bonds. The fourth-order valence-corrected chi connectivity index (χ4v) is 3.78. The second-order valence-electron chi connectivity index (χ2n) is 5.67. The molecular weight excluding hydrogens is 341 g/mol. The van der Waals surface area contributed by atoms with Gasteiger partial charge in [-0.25, -0.2) is 26.3 Å². The molecule has 128 valence electrons. The molecule has 0 saturated heterocycles. The summed E-state index contributed by atoms with van der Waals surface area (Å²) < 4.78 is 66.7. The van der Waals surface area contributed by atoms with E-state index in [0.717, 1.165) is 0 Å². The maximum atomic E-state index is 13.6. The molecule has 0 fully saturated rings. The zero-order chi connectivity index (χ0) is 16.4. The maximum Gasteiger partial charge on any atom is 0.246 e. The van der Waals surface area contributed by atoms with Crippen LogP contribution < -0.4 is 10.5 Å². The highest BCUT2D eigenvalue weighted by Gasteiger charge is 2.33. The molecule has 1 aromatic rings. The molecule has 1 rings (SSSR count). The van der Waals surface area contributed by atoms with Crippen LogP contribution >= 0.6 is 12.4 Å². The largest absolute Gasteiger partial charge is 0.329 e. The van der Waals surface area contributed by atoms with Gasteiger partial charge in [-0.2, -0.15) is 0 Å². The first-order valence-corrected chi connectivity index (χ1v) is 7.87. The van der Waals surface area contributed by atoms with Gasteiger partial charge in [0.15, 0.2) is 4.90 Å². The summed E-state index contributed by atoms with van der Waals surface area (Å²) >= 11 is 0. The predicted octanol–water partition coefficient (Wildman–Crippen LogP) is 2.57. The lowest BCUT2D eigenvalue weighted by molar-refractivity contribution is 0.343. The molecule has 3 N–H and O–H groups in total. The van der Waals surface area contributed by atoms with Crippen LogP contribution in [0, 0.1) is 23.4 Å². The first-order chi connectivity index (χ1) is 9.50. The molecule has 1 unspecified atom stereocenters. The van der Waals surface area contributed by atoms with E-state index in [4.69, 9.17) is 5.73 Å². The molecule has 0 aliphatic heterocycles. The second kappa shape index (κ2) is 7.63. The average molecular weight is 361 g/mol. The monoisotopic (exact) mass is 360 g/mol. The molecule has 0 aliphatic carbocycles. The zero-order valence-corrected chi connectivity index (χ0v) is 14.1. The Morgan fingerprint density at radius 2 is 1.68 bits per heavy atom. The summed E-state index contributed by atoms with van der Waals surface area (Å²) in [4.78, 5) is -1.20. The summed E-state index contributed by atoms with van der Waals surface area (Å²) in [7, 11) is -4.50. The zero-order valence-electron chi connectivity index (χ0n) is 12.5. The van der Waals surface area contributed by atoms with Crippen LogP contribution in [0.2, 0.25) is 0 Å². The number of nitrogens with two attached hydrogens (primary N) is 1. The minimum absolute atomic E-state index is 0. The summed E-state index contributed by atoms with van der Waals surface area (Å²) in [6.45, 7) is 5.22. The van der Waals surface area contributed by atoms with Crippen molar-refractivity contribution in [2.24, 2.45) is 11.7 Å². The fraction of sp³-hybridized carbons (Fsp3) is 0.538. The highest BCUT2D eigenvalue weighted by molar-refractivity contribution is 7.89. The van der Waals surface area contributed by atoms with Crippen LogP contribution in [0.1, 0.15) is 27.2 Å². The lowest BCUT2D eigenvalue weighted by Gasteiger charge is -2.30. The Balaban J connectivity index is 0.00000441. The van der Waals surface area contributed by atoms with Gasteiger partial charge in [-0.05, 0) is 19.3 Å². The normalized spacial score (nSPS) is 14.5. The van der Waals surface area contributed by atoms with Crippen LogP contribution in [-0.4, -0.2) is 20.5 Å². The van der Waals surface area contributed by atoms with E-state index in [9.17, 15) is 21.6 Å². The molecule has 0 spiro atoms. The van der Waals surface area contributed by atoms with E-state index < -0.39 is 37.9 Å². The number of halogens is 4. The van der Waals surface area contributed by atoms with E-state index >= 15 is 0 Å². The quantitative estimate of drug-likeness (QED) is 0.819. The third-order valence-corrected chi connectivity index (χ3v) is 4.61. The first kappa shape index (κ1) is 21.2. The molecule has 9 heteroatoms. The summed E-state index contributed by atoms with van der Waals surface area (Å²) in [6.07, 6.45) is 0.382. The van der Waals surface area contributed by atoms with Gasteiger partial charge in [-0.1, -0.05) is 13.8 Å². The van der Waals surface area contributed by atoms with Gasteiger partial charge in [-0.3, -0.25) is 0 Å². The third-order valence-electron chi connectivity index (χ3n) is 2.92. The van der Waals surface area contributed by atoms with Crippen molar-refractivity contribution in [2.75, 3.05) is 6.54 Å². The van der Waals surface area contributed by atoms with Crippen molar-refractivity contribution < 1.29 is 21.6 Å².